The second-order valence-electron chi connectivity index (χ2n) is 21.7. The zero-order valence-electron chi connectivity index (χ0n) is 53.8. The zero-order chi connectivity index (χ0) is 62.7. The Morgan fingerprint density at radius 2 is 0.679 bits per heavy atom. The topological polar surface area (TPSA) is 6.48 Å². The molecule has 0 atom stereocenters. The molecule has 0 amide bonds. The quantitative estimate of drug-likeness (QED) is 0.0889. The van der Waals surface area contributed by atoms with Gasteiger partial charge in [-0.2, -0.15) is 0 Å². The number of hydrogen-bond acceptors (Lipinski definition) is 2. The second-order valence-corrected chi connectivity index (χ2v) is 33.0. The molecule has 0 fully saturated rings. The molecule has 8 heteroatoms. The lowest BCUT2D eigenvalue weighted by molar-refractivity contribution is 0.632. The molecule has 0 N–H and O–H groups in total. The van der Waals surface area contributed by atoms with E-state index >= 15 is 8.78 Å². The van der Waals surface area contributed by atoms with Crippen molar-refractivity contribution in [3.63, 3.8) is 0 Å². The van der Waals surface area contributed by atoms with Crippen molar-refractivity contribution in [2.45, 2.75) is 39.3 Å². The average Bonchev–Trinajstić information content (AvgIpc) is 0.745. The Kier molecular flexibility index (Phi) is 10.4. The molecule has 0 spiro atoms. The van der Waals surface area contributed by atoms with Crippen LogP contribution in [0.15, 0.2) is 230 Å². The van der Waals surface area contributed by atoms with Crippen LogP contribution in [0.25, 0.3) is 76.8 Å². The Morgan fingerprint density at radius 1 is 0.359 bits per heavy atom. The molecule has 0 unspecified atom stereocenters. The van der Waals surface area contributed by atoms with Gasteiger partial charge >= 0.3 is 0 Å². The van der Waals surface area contributed by atoms with Crippen molar-refractivity contribution in [1.82, 2.24) is 0 Å². The standard InChI is InChI=1S/C70H56F2N2Si4/c1-77(2,3)55-33-21-46(22-34-55)58-40-44-64(70(72)68(58)50-23-35-56(36-24-50)78(4,5)6)74(52-15-11-8-12-16-52)62-42-28-48-25-37-59-61(41-27-47-26-38-60(62)66(48)65(47)59)73(51-13-9-7-10-14-51)63-43-39-57(45-17-29-53(75)30-18-45)67(69(63)71)49-19-31-54(76)32-20-49/h7-44H,1-6H3/i7D,8D,9D,10D,11D,12D,13D,14D,15D,16D. The Hall–Kier alpha value is -7.99. The van der Waals surface area contributed by atoms with Crippen molar-refractivity contribution in [2.24, 2.45) is 0 Å². The summed E-state index contributed by atoms with van der Waals surface area (Å²) in [6, 6.07) is 46.1. The van der Waals surface area contributed by atoms with Gasteiger partial charge in [-0.1, -0.05) is 242 Å². The van der Waals surface area contributed by atoms with Crippen LogP contribution < -0.4 is 30.5 Å². The lowest BCUT2D eigenvalue weighted by atomic mass is 9.90. The van der Waals surface area contributed by atoms with E-state index in [-0.39, 0.29) is 45.3 Å². The summed E-state index contributed by atoms with van der Waals surface area (Å²) in [5.74, 6) is -1.43. The van der Waals surface area contributed by atoms with Gasteiger partial charge in [-0.05, 0) is 103 Å². The normalized spacial score (nSPS) is 13.8. The Labute approximate surface area is 479 Å². The number of halogens is 2. The summed E-state index contributed by atoms with van der Waals surface area (Å²) in [7, 11) is 3.62. The van der Waals surface area contributed by atoms with Gasteiger partial charge in [0.15, 0.2) is 11.6 Å². The van der Waals surface area contributed by atoms with Gasteiger partial charge in [0.05, 0.1) is 73.1 Å². The monoisotopic (exact) mass is 1080 g/mol. The summed E-state index contributed by atoms with van der Waals surface area (Å²) in [4.78, 5) is 2.81. The fraction of sp³-hybridized carbons (Fsp3) is 0.0857. The number of anilines is 6. The molecule has 0 saturated carbocycles. The van der Waals surface area contributed by atoms with E-state index in [4.69, 9.17) is 8.22 Å². The zero-order valence-corrected chi connectivity index (χ0v) is 47.8. The molecule has 0 bridgehead atoms. The van der Waals surface area contributed by atoms with Gasteiger partial charge in [-0.3, -0.25) is 0 Å². The van der Waals surface area contributed by atoms with Crippen LogP contribution in [0.5, 0.6) is 0 Å². The number of hydrogen-bond donors (Lipinski definition) is 0. The first-order valence-electron chi connectivity index (χ1n) is 30.7. The van der Waals surface area contributed by atoms with Crippen LogP contribution in [0.1, 0.15) is 13.7 Å². The maximum Gasteiger partial charge on any atom is 0.155 e. The number of para-hydroxylation sites is 2. The molecule has 0 saturated heterocycles. The predicted octanol–water partition coefficient (Wildman–Crippen LogP) is 17.1. The highest BCUT2D eigenvalue weighted by Crippen LogP contribution is 2.51. The molecule has 0 aliphatic rings. The van der Waals surface area contributed by atoms with Crippen molar-refractivity contribution in [2.75, 3.05) is 9.80 Å². The van der Waals surface area contributed by atoms with Gasteiger partial charge in [0.2, 0.25) is 0 Å². The summed E-state index contributed by atoms with van der Waals surface area (Å²) >= 11 is 0. The molecule has 0 aliphatic carbocycles. The fourth-order valence-electron chi connectivity index (χ4n) is 10.7. The molecule has 78 heavy (non-hydrogen) atoms. The van der Waals surface area contributed by atoms with E-state index < -0.39 is 88.2 Å². The second kappa shape index (κ2) is 20.1. The van der Waals surface area contributed by atoms with Crippen molar-refractivity contribution >= 4 is 124 Å². The van der Waals surface area contributed by atoms with Gasteiger partial charge < -0.3 is 9.80 Å². The largest absolute Gasteiger partial charge is 0.307 e. The average molecular weight is 1090 g/mol. The Bertz CT molecular complexity index is 4750. The number of rotatable bonds is 12. The summed E-state index contributed by atoms with van der Waals surface area (Å²) in [5, 5.41) is 7.56. The van der Waals surface area contributed by atoms with Gasteiger partial charge in [0.1, 0.15) is 0 Å². The van der Waals surface area contributed by atoms with E-state index in [1.54, 1.807) is 54.6 Å². The molecule has 0 heterocycles. The van der Waals surface area contributed by atoms with Crippen molar-refractivity contribution in [1.29, 1.82) is 0 Å². The predicted molar refractivity (Wildman–Crippen MR) is 338 cm³/mol. The van der Waals surface area contributed by atoms with Crippen LogP contribution in [-0.4, -0.2) is 36.6 Å². The maximum absolute atomic E-state index is 19.0. The van der Waals surface area contributed by atoms with Gasteiger partial charge in [0, 0.05) is 33.3 Å². The van der Waals surface area contributed by atoms with Crippen molar-refractivity contribution < 1.29 is 22.5 Å². The number of benzene rings is 12. The van der Waals surface area contributed by atoms with Crippen molar-refractivity contribution in [3.8, 4) is 44.5 Å². The Balaban J connectivity index is 1.15. The molecular formula is C70H56F2N2Si4. The Morgan fingerprint density at radius 3 is 1.05 bits per heavy atom. The highest BCUT2D eigenvalue weighted by molar-refractivity contribution is 6.89. The maximum atomic E-state index is 19.0. The first-order valence-corrected chi connectivity index (χ1v) is 33.7. The van der Waals surface area contributed by atoms with Crippen LogP contribution in [0.2, 0.25) is 39.3 Å². The minimum atomic E-state index is -1.81. The molecule has 2 nitrogen and oxygen atoms in total. The fourth-order valence-corrected chi connectivity index (χ4v) is 13.4. The lowest BCUT2D eigenvalue weighted by Crippen LogP contribution is -2.37. The molecule has 0 aliphatic heterocycles. The van der Waals surface area contributed by atoms with E-state index in [1.807, 2.05) is 103 Å². The van der Waals surface area contributed by atoms with Crippen LogP contribution in [0.3, 0.4) is 0 Å². The summed E-state index contributed by atoms with van der Waals surface area (Å²) in [6.07, 6.45) is 0. The molecule has 376 valence electrons. The smallest absolute Gasteiger partial charge is 0.155 e. The van der Waals surface area contributed by atoms with Crippen LogP contribution >= 0.6 is 0 Å². The highest BCUT2D eigenvalue weighted by Gasteiger charge is 2.29. The molecule has 6 radical (unpaired) electrons. The molecular weight excluding hydrogens is 1020 g/mol. The highest BCUT2D eigenvalue weighted by atomic mass is 28.3. The number of nitrogens with zero attached hydrogens (tertiary/aromatic N) is 2. The van der Waals surface area contributed by atoms with E-state index in [2.05, 4.69) is 71.9 Å². The SMILES string of the molecule is [2H]c1c([2H])c([2H])c(N(c2ccc(-c3ccc([Si])cc3)c(-c3ccc([Si])cc3)c2F)c2ccc3ccc4c(N(c5ccc(-c6ccc([Si](C)(C)C)cc6)c(-c6ccc([Si](C)(C)C)cc6)c5F)c5c([2H])c([2H])c([2H])c([2H])c5[2H])ccc5ccc2c3c54)c([2H])c1[2H]. The lowest BCUT2D eigenvalue weighted by Gasteiger charge is -2.30. The van der Waals surface area contributed by atoms with Crippen LogP contribution in [0, 0.1) is 11.6 Å². The van der Waals surface area contributed by atoms with Crippen LogP contribution in [0.4, 0.5) is 42.9 Å². The van der Waals surface area contributed by atoms with E-state index in [1.165, 1.54) is 20.2 Å². The third-order valence-electron chi connectivity index (χ3n) is 14.7. The first-order chi connectivity index (χ1) is 41.8. The third kappa shape index (κ3) is 9.22. The van der Waals surface area contributed by atoms with E-state index in [0.717, 1.165) is 15.9 Å². The summed E-state index contributed by atoms with van der Waals surface area (Å²) in [5.41, 5.74) is 3.90. The van der Waals surface area contributed by atoms with Gasteiger partial charge in [-0.25, -0.2) is 8.78 Å². The molecule has 0 aromatic heterocycles. The first kappa shape index (κ1) is 40.3. The molecule has 12 aromatic rings. The minimum Gasteiger partial charge on any atom is -0.307 e. The summed E-state index contributed by atoms with van der Waals surface area (Å²) < 4.78 is 129. The van der Waals surface area contributed by atoms with Crippen LogP contribution in [-0.2, 0) is 0 Å². The summed E-state index contributed by atoms with van der Waals surface area (Å²) in [6.45, 7) is 13.5. The van der Waals surface area contributed by atoms with Gasteiger partial charge in [0.25, 0.3) is 0 Å². The van der Waals surface area contributed by atoms with E-state index in [9.17, 15) is 5.48 Å². The van der Waals surface area contributed by atoms with Crippen molar-refractivity contribution in [3.05, 3.63) is 242 Å². The molecule has 12 rings (SSSR count). The molecule has 12 aromatic carbocycles. The van der Waals surface area contributed by atoms with E-state index in [0.29, 0.717) is 60.1 Å². The third-order valence-corrected chi connectivity index (χ3v) is 19.5. The van der Waals surface area contributed by atoms with Gasteiger partial charge in [-0.15, -0.1) is 0 Å². The minimum absolute atomic E-state index is 0.0863.